The highest BCUT2D eigenvalue weighted by atomic mass is 16.5. The van der Waals surface area contributed by atoms with E-state index in [2.05, 4.69) is 10.6 Å². The highest BCUT2D eigenvalue weighted by Gasteiger charge is 2.10. The second-order valence-corrected chi connectivity index (χ2v) is 4.63. The van der Waals surface area contributed by atoms with E-state index in [0.29, 0.717) is 19.7 Å². The standard InChI is InChI=1S/C15H24N2O3/c1-12(11-16-2)15(18)17-9-4-10-20-14-7-5-13(19-3)6-8-14/h5-8,12,16H,4,9-11H2,1-3H3,(H,17,18). The molecule has 0 radical (unpaired) electrons. The third-order valence-corrected chi connectivity index (χ3v) is 2.91. The summed E-state index contributed by atoms with van der Waals surface area (Å²) >= 11 is 0. The first kappa shape index (κ1) is 16.3. The van der Waals surface area contributed by atoms with Crippen LogP contribution in [0.15, 0.2) is 24.3 Å². The quantitative estimate of drug-likeness (QED) is 0.672. The zero-order valence-corrected chi connectivity index (χ0v) is 12.4. The average Bonchev–Trinajstić information content (AvgIpc) is 2.47. The Balaban J connectivity index is 2.13. The van der Waals surface area contributed by atoms with E-state index in [9.17, 15) is 4.79 Å². The van der Waals surface area contributed by atoms with Crippen LogP contribution in [0.25, 0.3) is 0 Å². The van der Waals surface area contributed by atoms with E-state index >= 15 is 0 Å². The normalized spacial score (nSPS) is 11.8. The van der Waals surface area contributed by atoms with Crippen molar-refractivity contribution in [2.24, 2.45) is 5.92 Å². The molecule has 1 amide bonds. The molecule has 112 valence electrons. The van der Waals surface area contributed by atoms with Crippen LogP contribution in [0, 0.1) is 5.92 Å². The van der Waals surface area contributed by atoms with Gasteiger partial charge in [0.2, 0.25) is 5.91 Å². The largest absolute Gasteiger partial charge is 0.497 e. The summed E-state index contributed by atoms with van der Waals surface area (Å²) in [6.45, 7) is 3.80. The predicted octanol–water partition coefficient (Wildman–Crippen LogP) is 1.44. The topological polar surface area (TPSA) is 59.6 Å². The van der Waals surface area contributed by atoms with Crippen LogP contribution in [-0.4, -0.2) is 39.8 Å². The first-order valence-electron chi connectivity index (χ1n) is 6.86. The number of hydrogen-bond donors (Lipinski definition) is 2. The fourth-order valence-electron chi connectivity index (χ4n) is 1.72. The molecule has 0 aliphatic rings. The SMILES string of the molecule is CNCC(C)C(=O)NCCCOc1ccc(OC)cc1. The minimum atomic E-state index is -0.0116. The van der Waals surface area contributed by atoms with E-state index < -0.39 is 0 Å². The van der Waals surface area contributed by atoms with E-state index in [1.807, 2.05) is 38.2 Å². The fourth-order valence-corrected chi connectivity index (χ4v) is 1.72. The lowest BCUT2D eigenvalue weighted by atomic mass is 10.1. The van der Waals surface area contributed by atoms with Crippen molar-refractivity contribution in [2.45, 2.75) is 13.3 Å². The lowest BCUT2D eigenvalue weighted by Gasteiger charge is -2.12. The monoisotopic (exact) mass is 280 g/mol. The Morgan fingerprint density at radius 1 is 1.25 bits per heavy atom. The third-order valence-electron chi connectivity index (χ3n) is 2.91. The summed E-state index contributed by atoms with van der Waals surface area (Å²) in [6.07, 6.45) is 0.782. The van der Waals surface area contributed by atoms with Crippen molar-refractivity contribution in [3.63, 3.8) is 0 Å². The Labute approximate surface area is 120 Å². The summed E-state index contributed by atoms with van der Waals surface area (Å²) in [5.74, 6) is 1.68. The van der Waals surface area contributed by atoms with E-state index in [0.717, 1.165) is 17.9 Å². The maximum atomic E-state index is 11.6. The van der Waals surface area contributed by atoms with Crippen LogP contribution in [0.1, 0.15) is 13.3 Å². The molecule has 2 N–H and O–H groups in total. The number of ether oxygens (including phenoxy) is 2. The van der Waals surface area contributed by atoms with E-state index in [-0.39, 0.29) is 11.8 Å². The third kappa shape index (κ3) is 5.93. The highest BCUT2D eigenvalue weighted by Crippen LogP contribution is 2.16. The van der Waals surface area contributed by atoms with Crippen molar-refractivity contribution in [2.75, 3.05) is 33.9 Å². The van der Waals surface area contributed by atoms with Gasteiger partial charge in [-0.25, -0.2) is 0 Å². The molecular formula is C15H24N2O3. The van der Waals surface area contributed by atoms with Gasteiger partial charge in [0.05, 0.1) is 13.7 Å². The van der Waals surface area contributed by atoms with Crippen LogP contribution in [-0.2, 0) is 4.79 Å². The second-order valence-electron chi connectivity index (χ2n) is 4.63. The molecular weight excluding hydrogens is 256 g/mol. The Morgan fingerprint density at radius 2 is 1.90 bits per heavy atom. The molecule has 0 aliphatic heterocycles. The number of benzene rings is 1. The molecule has 0 aliphatic carbocycles. The maximum absolute atomic E-state index is 11.6. The van der Waals surface area contributed by atoms with Crippen LogP contribution in [0.5, 0.6) is 11.5 Å². The fraction of sp³-hybridized carbons (Fsp3) is 0.533. The molecule has 1 aromatic carbocycles. The van der Waals surface area contributed by atoms with Crippen molar-refractivity contribution >= 4 is 5.91 Å². The molecule has 5 nitrogen and oxygen atoms in total. The van der Waals surface area contributed by atoms with Crippen molar-refractivity contribution < 1.29 is 14.3 Å². The predicted molar refractivity (Wildman–Crippen MR) is 79.2 cm³/mol. The van der Waals surface area contributed by atoms with Crippen molar-refractivity contribution in [1.29, 1.82) is 0 Å². The number of methoxy groups -OCH3 is 1. The van der Waals surface area contributed by atoms with Crippen LogP contribution in [0.4, 0.5) is 0 Å². The van der Waals surface area contributed by atoms with Gasteiger partial charge in [0.25, 0.3) is 0 Å². The summed E-state index contributed by atoms with van der Waals surface area (Å²) in [5.41, 5.74) is 0. The molecule has 20 heavy (non-hydrogen) atoms. The molecule has 0 bridgehead atoms. The van der Waals surface area contributed by atoms with Crippen LogP contribution >= 0.6 is 0 Å². The molecule has 0 fully saturated rings. The highest BCUT2D eigenvalue weighted by molar-refractivity contribution is 5.78. The molecule has 5 heteroatoms. The smallest absolute Gasteiger partial charge is 0.224 e. The number of amides is 1. The van der Waals surface area contributed by atoms with Gasteiger partial charge in [-0.1, -0.05) is 6.92 Å². The molecule has 0 aromatic heterocycles. The number of carbonyl (C=O) groups is 1. The molecule has 1 atom stereocenters. The van der Waals surface area contributed by atoms with Crippen LogP contribution in [0.2, 0.25) is 0 Å². The van der Waals surface area contributed by atoms with Gasteiger partial charge >= 0.3 is 0 Å². The van der Waals surface area contributed by atoms with Crippen molar-refractivity contribution in [3.05, 3.63) is 24.3 Å². The molecule has 0 spiro atoms. The van der Waals surface area contributed by atoms with Gasteiger partial charge in [-0.3, -0.25) is 4.79 Å². The zero-order chi connectivity index (χ0) is 14.8. The van der Waals surface area contributed by atoms with Gasteiger partial charge in [0.15, 0.2) is 0 Å². The van der Waals surface area contributed by atoms with Crippen molar-refractivity contribution in [1.82, 2.24) is 10.6 Å². The Hall–Kier alpha value is -1.75. The van der Waals surface area contributed by atoms with Gasteiger partial charge in [-0.2, -0.15) is 0 Å². The lowest BCUT2D eigenvalue weighted by molar-refractivity contribution is -0.124. The number of carbonyl (C=O) groups excluding carboxylic acids is 1. The van der Waals surface area contributed by atoms with Gasteiger partial charge in [0.1, 0.15) is 11.5 Å². The minimum absolute atomic E-state index is 0.0116. The van der Waals surface area contributed by atoms with Gasteiger partial charge < -0.3 is 20.1 Å². The minimum Gasteiger partial charge on any atom is -0.497 e. The first-order valence-corrected chi connectivity index (χ1v) is 6.86. The first-order chi connectivity index (χ1) is 9.67. The number of rotatable bonds is 9. The second kappa shape index (κ2) is 9.20. The molecule has 0 saturated heterocycles. The Bertz CT molecular complexity index is 393. The summed E-state index contributed by atoms with van der Waals surface area (Å²) in [6, 6.07) is 7.45. The maximum Gasteiger partial charge on any atom is 0.224 e. The summed E-state index contributed by atoms with van der Waals surface area (Å²) < 4.78 is 10.6. The zero-order valence-electron chi connectivity index (χ0n) is 12.4. The van der Waals surface area contributed by atoms with Gasteiger partial charge in [-0.15, -0.1) is 0 Å². The molecule has 0 heterocycles. The Morgan fingerprint density at radius 3 is 2.50 bits per heavy atom. The Kier molecular flexibility index (Phi) is 7.50. The van der Waals surface area contributed by atoms with Gasteiger partial charge in [-0.05, 0) is 37.7 Å². The van der Waals surface area contributed by atoms with E-state index in [1.54, 1.807) is 7.11 Å². The lowest BCUT2D eigenvalue weighted by Crippen LogP contribution is -2.35. The van der Waals surface area contributed by atoms with Crippen LogP contribution < -0.4 is 20.1 Å². The van der Waals surface area contributed by atoms with Crippen molar-refractivity contribution in [3.8, 4) is 11.5 Å². The molecule has 1 rings (SSSR count). The summed E-state index contributed by atoms with van der Waals surface area (Å²) in [5, 5.41) is 5.88. The summed E-state index contributed by atoms with van der Waals surface area (Å²) in [7, 11) is 3.47. The summed E-state index contributed by atoms with van der Waals surface area (Å²) in [4.78, 5) is 11.6. The number of hydrogen-bond acceptors (Lipinski definition) is 4. The number of nitrogens with one attached hydrogen (secondary N) is 2. The molecule has 0 saturated carbocycles. The molecule has 1 aromatic rings. The van der Waals surface area contributed by atoms with Gasteiger partial charge in [0, 0.05) is 19.0 Å². The molecule has 1 unspecified atom stereocenters. The van der Waals surface area contributed by atoms with E-state index in [4.69, 9.17) is 9.47 Å². The van der Waals surface area contributed by atoms with Crippen LogP contribution in [0.3, 0.4) is 0 Å². The average molecular weight is 280 g/mol. The van der Waals surface area contributed by atoms with E-state index in [1.165, 1.54) is 0 Å².